The van der Waals surface area contributed by atoms with Crippen LogP contribution in [-0.4, -0.2) is 47.7 Å². The number of carbonyl (C=O) groups is 1. The number of ether oxygens (including phenoxy) is 1. The van der Waals surface area contributed by atoms with E-state index in [4.69, 9.17) is 10.6 Å². The molecule has 1 fully saturated rings. The van der Waals surface area contributed by atoms with Crippen molar-refractivity contribution in [1.29, 1.82) is 0 Å². The van der Waals surface area contributed by atoms with E-state index in [1.807, 2.05) is 13.8 Å². The number of amides is 1. The van der Waals surface area contributed by atoms with E-state index >= 15 is 0 Å². The first-order valence-corrected chi connectivity index (χ1v) is 6.67. The molecule has 116 valence electrons. The molecule has 1 aromatic rings. The molecule has 0 aliphatic carbocycles. The standard InChI is InChI=1S/C12H19FN6O2/c1-7(2)16-11(20)9-6-21-4-3-19(9)10-8(13)5-15-12(17-10)18-14/h5,7,9H,3-4,6,14H2,1-2H3,(H,16,20)(H,15,17,18). The molecule has 1 aliphatic heterocycles. The number of nitrogens with zero attached hydrogens (tertiary/aromatic N) is 3. The van der Waals surface area contributed by atoms with Crippen molar-refractivity contribution in [2.45, 2.75) is 25.9 Å². The Morgan fingerprint density at radius 1 is 1.62 bits per heavy atom. The van der Waals surface area contributed by atoms with Crippen molar-refractivity contribution in [2.24, 2.45) is 5.84 Å². The second-order valence-corrected chi connectivity index (χ2v) is 4.96. The van der Waals surface area contributed by atoms with Gasteiger partial charge in [-0.15, -0.1) is 0 Å². The molecule has 0 aromatic carbocycles. The van der Waals surface area contributed by atoms with Crippen LogP contribution in [-0.2, 0) is 9.53 Å². The first-order valence-electron chi connectivity index (χ1n) is 6.67. The number of morpholine rings is 1. The van der Waals surface area contributed by atoms with Crippen molar-refractivity contribution >= 4 is 17.7 Å². The minimum absolute atomic E-state index is 0.0159. The van der Waals surface area contributed by atoms with Gasteiger partial charge in [0, 0.05) is 12.6 Å². The van der Waals surface area contributed by atoms with E-state index in [1.165, 1.54) is 0 Å². The lowest BCUT2D eigenvalue weighted by atomic mass is 10.2. The van der Waals surface area contributed by atoms with Crippen molar-refractivity contribution in [2.75, 3.05) is 30.1 Å². The summed E-state index contributed by atoms with van der Waals surface area (Å²) in [4.78, 5) is 21.5. The first-order chi connectivity index (χ1) is 10.0. The normalized spacial score (nSPS) is 18.7. The molecule has 21 heavy (non-hydrogen) atoms. The largest absolute Gasteiger partial charge is 0.377 e. The maximum absolute atomic E-state index is 14.0. The summed E-state index contributed by atoms with van der Waals surface area (Å²) in [7, 11) is 0. The van der Waals surface area contributed by atoms with Crippen LogP contribution in [0.5, 0.6) is 0 Å². The molecule has 2 heterocycles. The number of nitrogens with two attached hydrogens (primary N) is 1. The number of hydrogen-bond donors (Lipinski definition) is 3. The molecule has 0 radical (unpaired) electrons. The maximum Gasteiger partial charge on any atom is 0.245 e. The minimum atomic E-state index is -0.642. The highest BCUT2D eigenvalue weighted by Crippen LogP contribution is 2.21. The average Bonchev–Trinajstić information content (AvgIpc) is 2.47. The molecule has 0 spiro atoms. The summed E-state index contributed by atoms with van der Waals surface area (Å²) < 4.78 is 19.3. The van der Waals surface area contributed by atoms with Crippen LogP contribution < -0.4 is 21.5 Å². The SMILES string of the molecule is CC(C)NC(=O)C1COCCN1c1nc(NN)ncc1F. The van der Waals surface area contributed by atoms with Crippen LogP contribution in [0.15, 0.2) is 6.20 Å². The van der Waals surface area contributed by atoms with Gasteiger partial charge < -0.3 is 15.0 Å². The molecule has 1 unspecified atom stereocenters. The van der Waals surface area contributed by atoms with Gasteiger partial charge in [-0.05, 0) is 13.8 Å². The molecule has 0 bridgehead atoms. The van der Waals surface area contributed by atoms with E-state index in [9.17, 15) is 9.18 Å². The van der Waals surface area contributed by atoms with Gasteiger partial charge in [0.15, 0.2) is 11.6 Å². The van der Waals surface area contributed by atoms with Gasteiger partial charge in [0.1, 0.15) is 6.04 Å². The van der Waals surface area contributed by atoms with Crippen LogP contribution in [0.3, 0.4) is 0 Å². The number of nitrogens with one attached hydrogen (secondary N) is 2. The molecule has 9 heteroatoms. The fraction of sp³-hybridized carbons (Fsp3) is 0.583. The van der Waals surface area contributed by atoms with E-state index in [0.29, 0.717) is 13.2 Å². The smallest absolute Gasteiger partial charge is 0.245 e. The van der Waals surface area contributed by atoms with E-state index in [-0.39, 0.29) is 30.3 Å². The zero-order chi connectivity index (χ0) is 15.4. The van der Waals surface area contributed by atoms with Crippen LogP contribution in [0.25, 0.3) is 0 Å². The predicted molar refractivity (Wildman–Crippen MR) is 75.0 cm³/mol. The summed E-state index contributed by atoms with van der Waals surface area (Å²) in [6, 6.07) is -0.658. The summed E-state index contributed by atoms with van der Waals surface area (Å²) in [6.45, 7) is 4.63. The quantitative estimate of drug-likeness (QED) is 0.514. The third kappa shape index (κ3) is 3.56. The van der Waals surface area contributed by atoms with Gasteiger partial charge in [0.25, 0.3) is 0 Å². The highest BCUT2D eigenvalue weighted by molar-refractivity contribution is 5.85. The summed E-state index contributed by atoms with van der Waals surface area (Å²) >= 11 is 0. The number of anilines is 2. The van der Waals surface area contributed by atoms with Gasteiger partial charge >= 0.3 is 0 Å². The number of carbonyl (C=O) groups excluding carboxylic acids is 1. The Balaban J connectivity index is 2.28. The predicted octanol–water partition coefficient (Wildman–Crippen LogP) is -0.369. The molecule has 2 rings (SSSR count). The highest BCUT2D eigenvalue weighted by Gasteiger charge is 2.32. The Morgan fingerprint density at radius 2 is 2.38 bits per heavy atom. The molecule has 4 N–H and O–H groups in total. The molecule has 1 atom stereocenters. The van der Waals surface area contributed by atoms with Crippen LogP contribution in [0.1, 0.15) is 13.8 Å². The van der Waals surface area contributed by atoms with Gasteiger partial charge in [0.05, 0.1) is 19.4 Å². The van der Waals surface area contributed by atoms with Crippen molar-refractivity contribution in [3.8, 4) is 0 Å². The molecule has 1 amide bonds. The number of hydrogen-bond acceptors (Lipinski definition) is 7. The first kappa shape index (κ1) is 15.4. The van der Waals surface area contributed by atoms with Gasteiger partial charge in [-0.3, -0.25) is 10.2 Å². The number of aromatic nitrogens is 2. The number of rotatable bonds is 4. The zero-order valence-corrected chi connectivity index (χ0v) is 12.0. The minimum Gasteiger partial charge on any atom is -0.377 e. The van der Waals surface area contributed by atoms with E-state index in [2.05, 4.69) is 20.7 Å². The third-order valence-electron chi connectivity index (χ3n) is 2.99. The summed E-state index contributed by atoms with van der Waals surface area (Å²) in [5, 5.41) is 2.79. The second-order valence-electron chi connectivity index (χ2n) is 4.96. The fourth-order valence-electron chi connectivity index (χ4n) is 2.08. The second kappa shape index (κ2) is 6.64. The number of hydrazine groups is 1. The van der Waals surface area contributed by atoms with Gasteiger partial charge in [-0.1, -0.05) is 0 Å². The monoisotopic (exact) mass is 298 g/mol. The van der Waals surface area contributed by atoms with Crippen molar-refractivity contribution < 1.29 is 13.9 Å². The summed E-state index contributed by atoms with van der Waals surface area (Å²) in [5.74, 6) is 4.51. The van der Waals surface area contributed by atoms with Crippen molar-refractivity contribution in [3.05, 3.63) is 12.0 Å². The topological polar surface area (TPSA) is 105 Å². The van der Waals surface area contributed by atoms with Gasteiger partial charge in [-0.25, -0.2) is 15.2 Å². The van der Waals surface area contributed by atoms with Gasteiger partial charge in [-0.2, -0.15) is 4.98 Å². The van der Waals surface area contributed by atoms with E-state index < -0.39 is 11.9 Å². The molecule has 0 saturated carbocycles. The summed E-state index contributed by atoms with van der Waals surface area (Å²) in [6.07, 6.45) is 1.02. The van der Waals surface area contributed by atoms with Crippen LogP contribution in [0, 0.1) is 5.82 Å². The third-order valence-corrected chi connectivity index (χ3v) is 2.99. The Kier molecular flexibility index (Phi) is 4.86. The van der Waals surface area contributed by atoms with Crippen molar-refractivity contribution in [3.63, 3.8) is 0 Å². The molecular weight excluding hydrogens is 279 g/mol. The highest BCUT2D eigenvalue weighted by atomic mass is 19.1. The Hall–Kier alpha value is -2.00. The Morgan fingerprint density at radius 3 is 3.05 bits per heavy atom. The zero-order valence-electron chi connectivity index (χ0n) is 12.0. The summed E-state index contributed by atoms with van der Waals surface area (Å²) in [5.41, 5.74) is 2.26. The lowest BCUT2D eigenvalue weighted by molar-refractivity contribution is -0.125. The van der Waals surface area contributed by atoms with E-state index in [0.717, 1.165) is 6.20 Å². The molecule has 1 saturated heterocycles. The lowest BCUT2D eigenvalue weighted by Crippen LogP contribution is -2.55. The molecule has 1 aliphatic rings. The number of nitrogen functional groups attached to an aromatic ring is 1. The Labute approximate surface area is 121 Å². The fourth-order valence-corrected chi connectivity index (χ4v) is 2.08. The van der Waals surface area contributed by atoms with Crippen LogP contribution >= 0.6 is 0 Å². The van der Waals surface area contributed by atoms with Crippen LogP contribution in [0.2, 0.25) is 0 Å². The Bertz CT molecular complexity index is 513. The molecule has 1 aromatic heterocycles. The average molecular weight is 298 g/mol. The van der Waals surface area contributed by atoms with Crippen molar-refractivity contribution in [1.82, 2.24) is 15.3 Å². The molecule has 8 nitrogen and oxygen atoms in total. The maximum atomic E-state index is 14.0. The molecular formula is C12H19FN6O2. The van der Waals surface area contributed by atoms with E-state index in [1.54, 1.807) is 4.90 Å². The lowest BCUT2D eigenvalue weighted by Gasteiger charge is -2.35. The number of halogens is 1. The van der Waals surface area contributed by atoms with Gasteiger partial charge in [0.2, 0.25) is 11.9 Å². The van der Waals surface area contributed by atoms with Crippen LogP contribution in [0.4, 0.5) is 16.2 Å².